The van der Waals surface area contributed by atoms with Crippen LogP contribution in [0.3, 0.4) is 0 Å². The van der Waals surface area contributed by atoms with E-state index in [9.17, 15) is 4.79 Å². The Labute approximate surface area is 187 Å². The molecule has 7 nitrogen and oxygen atoms in total. The number of benzene rings is 2. The topological polar surface area (TPSA) is 81.6 Å². The minimum absolute atomic E-state index is 0.0118. The molecule has 2 aromatic carbocycles. The molecule has 1 aromatic heterocycles. The third-order valence-electron chi connectivity index (χ3n) is 6.06. The normalized spacial score (nSPS) is 24.2. The number of anilines is 1. The average molecular weight is 427 g/mol. The van der Waals surface area contributed by atoms with Gasteiger partial charge in [0, 0.05) is 6.20 Å². The Kier molecular flexibility index (Phi) is 5.43. The van der Waals surface area contributed by atoms with Crippen LogP contribution in [-0.2, 0) is 4.79 Å². The molecule has 2 aliphatic rings. The van der Waals surface area contributed by atoms with Crippen molar-refractivity contribution in [1.82, 2.24) is 20.7 Å². The van der Waals surface area contributed by atoms with E-state index in [2.05, 4.69) is 58.3 Å². The van der Waals surface area contributed by atoms with Crippen LogP contribution in [0.2, 0.25) is 0 Å². The van der Waals surface area contributed by atoms with Crippen LogP contribution in [-0.4, -0.2) is 27.8 Å². The molecule has 5 rings (SSSR count). The van der Waals surface area contributed by atoms with E-state index in [1.807, 2.05) is 53.5 Å². The molecule has 0 aliphatic carbocycles. The predicted octanol–water partition coefficient (Wildman–Crippen LogP) is 3.62. The minimum atomic E-state index is -0.384. The second-order valence-corrected chi connectivity index (χ2v) is 8.31. The summed E-state index contributed by atoms with van der Waals surface area (Å²) < 4.78 is 0. The summed E-state index contributed by atoms with van der Waals surface area (Å²) in [5, 5.41) is 10.1. The molecule has 3 unspecified atom stereocenters. The molecule has 2 aliphatic heterocycles. The van der Waals surface area contributed by atoms with Gasteiger partial charge in [-0.05, 0) is 55.7 Å². The highest BCUT2D eigenvalue weighted by Crippen LogP contribution is 2.38. The summed E-state index contributed by atoms with van der Waals surface area (Å²) in [5.74, 6) is -0.206. The molecule has 2 fully saturated rings. The fourth-order valence-corrected chi connectivity index (χ4v) is 4.52. The van der Waals surface area contributed by atoms with Gasteiger partial charge in [-0.15, -0.1) is 0 Å². The molecule has 3 N–H and O–H groups in total. The van der Waals surface area contributed by atoms with Crippen molar-refractivity contribution in [2.24, 2.45) is 5.10 Å². The van der Waals surface area contributed by atoms with Gasteiger partial charge in [0.05, 0.1) is 23.5 Å². The Morgan fingerprint density at radius 2 is 1.88 bits per heavy atom. The van der Waals surface area contributed by atoms with Gasteiger partial charge < -0.3 is 0 Å². The van der Waals surface area contributed by atoms with Gasteiger partial charge in [0.25, 0.3) is 5.91 Å². The van der Waals surface area contributed by atoms with Crippen LogP contribution in [0.4, 0.5) is 5.69 Å². The van der Waals surface area contributed by atoms with Crippen LogP contribution in [0, 0.1) is 13.8 Å². The zero-order valence-electron chi connectivity index (χ0n) is 18.1. The predicted molar refractivity (Wildman–Crippen MR) is 125 cm³/mol. The molecule has 3 aromatic rings. The largest absolute Gasteiger partial charge is 0.286 e. The number of para-hydroxylation sites is 1. The number of hydrazone groups is 1. The number of hydrogen-bond donors (Lipinski definition) is 3. The molecule has 0 radical (unpaired) electrons. The van der Waals surface area contributed by atoms with Gasteiger partial charge in [-0.3, -0.25) is 25.9 Å². The molecule has 3 atom stereocenters. The quantitative estimate of drug-likeness (QED) is 0.555. The lowest BCUT2D eigenvalue weighted by Gasteiger charge is -2.41. The number of hydrazine groups is 1. The molecule has 7 heteroatoms. The summed E-state index contributed by atoms with van der Waals surface area (Å²) in [4.78, 5) is 17.5. The second-order valence-electron chi connectivity index (χ2n) is 8.31. The van der Waals surface area contributed by atoms with E-state index in [0.29, 0.717) is 5.71 Å². The van der Waals surface area contributed by atoms with Gasteiger partial charge in [-0.25, -0.2) is 0 Å². The van der Waals surface area contributed by atoms with Crippen LogP contribution < -0.4 is 16.2 Å². The maximum Gasteiger partial charge on any atom is 0.285 e. The Balaban J connectivity index is 1.52. The molecule has 0 spiro atoms. The van der Waals surface area contributed by atoms with E-state index in [0.717, 1.165) is 17.8 Å². The number of nitrogens with zero attached hydrogens (tertiary/aromatic N) is 3. The molecule has 0 saturated carbocycles. The Morgan fingerprint density at radius 3 is 2.62 bits per heavy atom. The number of rotatable bonds is 4. The SMILES string of the molecule is Cc1ccc(C2CC(c3ccccn3)NC3C(=NNc4ccccc4)C(=O)NN32)c(C)c1. The summed E-state index contributed by atoms with van der Waals surface area (Å²) in [6.45, 7) is 4.22. The standard InChI is InChI=1S/C25H26N6O/c1-16-11-12-19(17(2)14-16)22-15-21(20-10-6-7-13-26-20)27-24-23(25(32)30-31(22)24)29-28-18-8-4-3-5-9-18/h3-14,21-22,24,27-28H,15H2,1-2H3,(H,30,32). The minimum Gasteiger partial charge on any atom is -0.286 e. The lowest BCUT2D eigenvalue weighted by Crippen LogP contribution is -2.55. The molecule has 32 heavy (non-hydrogen) atoms. The van der Waals surface area contributed by atoms with Crippen molar-refractivity contribution >= 4 is 17.3 Å². The van der Waals surface area contributed by atoms with E-state index < -0.39 is 0 Å². The van der Waals surface area contributed by atoms with Crippen molar-refractivity contribution in [2.75, 3.05) is 5.43 Å². The average Bonchev–Trinajstić information content (AvgIpc) is 3.13. The van der Waals surface area contributed by atoms with Gasteiger partial charge >= 0.3 is 0 Å². The van der Waals surface area contributed by atoms with Crippen LogP contribution >= 0.6 is 0 Å². The van der Waals surface area contributed by atoms with E-state index in [1.165, 1.54) is 16.7 Å². The first kappa shape index (κ1) is 20.4. The first-order chi connectivity index (χ1) is 15.6. The molecule has 0 bridgehead atoms. The van der Waals surface area contributed by atoms with Gasteiger partial charge in [-0.1, -0.05) is 48.0 Å². The highest BCUT2D eigenvalue weighted by molar-refractivity contribution is 6.42. The summed E-state index contributed by atoms with van der Waals surface area (Å²) in [6, 6.07) is 22.0. The van der Waals surface area contributed by atoms with Crippen molar-refractivity contribution in [1.29, 1.82) is 0 Å². The van der Waals surface area contributed by atoms with Gasteiger partial charge in [0.2, 0.25) is 0 Å². The zero-order valence-corrected chi connectivity index (χ0v) is 18.1. The number of aryl methyl sites for hydroxylation is 2. The molecular weight excluding hydrogens is 400 g/mol. The maximum absolute atomic E-state index is 12.9. The highest BCUT2D eigenvalue weighted by Gasteiger charge is 2.47. The zero-order chi connectivity index (χ0) is 22.1. The number of nitrogens with one attached hydrogen (secondary N) is 3. The smallest absolute Gasteiger partial charge is 0.285 e. The summed E-state index contributed by atoms with van der Waals surface area (Å²) >= 11 is 0. The molecule has 162 valence electrons. The first-order valence-corrected chi connectivity index (χ1v) is 10.8. The van der Waals surface area contributed by atoms with Gasteiger partial charge in [0.1, 0.15) is 6.17 Å². The maximum atomic E-state index is 12.9. The first-order valence-electron chi connectivity index (χ1n) is 10.8. The Morgan fingerprint density at radius 1 is 1.06 bits per heavy atom. The van der Waals surface area contributed by atoms with Crippen LogP contribution in [0.25, 0.3) is 0 Å². The lowest BCUT2D eigenvalue weighted by molar-refractivity contribution is -0.118. The van der Waals surface area contributed by atoms with Crippen molar-refractivity contribution in [3.63, 3.8) is 0 Å². The summed E-state index contributed by atoms with van der Waals surface area (Å²) in [6.07, 6.45) is 2.20. The fraction of sp³-hybridized carbons (Fsp3) is 0.240. The number of amides is 1. The van der Waals surface area contributed by atoms with E-state index >= 15 is 0 Å². The lowest BCUT2D eigenvalue weighted by atomic mass is 9.90. The van der Waals surface area contributed by atoms with Crippen LogP contribution in [0.5, 0.6) is 0 Å². The highest BCUT2D eigenvalue weighted by atomic mass is 16.2. The van der Waals surface area contributed by atoms with E-state index in [-0.39, 0.29) is 24.2 Å². The van der Waals surface area contributed by atoms with E-state index in [4.69, 9.17) is 0 Å². The molecule has 3 heterocycles. The van der Waals surface area contributed by atoms with E-state index in [1.54, 1.807) is 6.20 Å². The molecule has 2 saturated heterocycles. The Hall–Kier alpha value is -3.55. The van der Waals surface area contributed by atoms with Crippen LogP contribution in [0.1, 0.15) is 40.9 Å². The number of pyridine rings is 1. The van der Waals surface area contributed by atoms with Gasteiger partial charge in [-0.2, -0.15) is 10.1 Å². The Bertz CT molecular complexity index is 1150. The summed E-state index contributed by atoms with van der Waals surface area (Å²) in [5.41, 5.74) is 11.9. The van der Waals surface area contributed by atoms with Gasteiger partial charge in [0.15, 0.2) is 5.71 Å². The number of fused-ring (bicyclic) bond motifs is 1. The second kappa shape index (κ2) is 8.53. The third kappa shape index (κ3) is 3.88. The summed E-state index contributed by atoms with van der Waals surface area (Å²) in [7, 11) is 0. The van der Waals surface area contributed by atoms with Crippen molar-refractivity contribution in [3.8, 4) is 0 Å². The van der Waals surface area contributed by atoms with Crippen molar-refractivity contribution < 1.29 is 4.79 Å². The monoisotopic (exact) mass is 426 g/mol. The van der Waals surface area contributed by atoms with Crippen molar-refractivity contribution in [2.45, 2.75) is 38.5 Å². The van der Waals surface area contributed by atoms with Crippen molar-refractivity contribution in [3.05, 3.63) is 95.3 Å². The number of aromatic nitrogens is 1. The number of hydrogen-bond acceptors (Lipinski definition) is 6. The molecule has 1 amide bonds. The number of carbonyl (C=O) groups excluding carboxylic acids is 1. The fourth-order valence-electron chi connectivity index (χ4n) is 4.52. The third-order valence-corrected chi connectivity index (χ3v) is 6.06. The van der Waals surface area contributed by atoms with Crippen LogP contribution in [0.15, 0.2) is 78.0 Å². The number of carbonyl (C=O) groups is 1. The molecular formula is C25H26N6O.